The Morgan fingerprint density at radius 3 is 1.12 bits per heavy atom. The molecule has 0 saturated heterocycles. The molecule has 158 valence electrons. The lowest BCUT2D eigenvalue weighted by Crippen LogP contribution is -2.41. The molecule has 0 unspecified atom stereocenters. The zero-order chi connectivity index (χ0) is 19.3. The second-order valence-electron chi connectivity index (χ2n) is 9.18. The van der Waals surface area contributed by atoms with Crippen molar-refractivity contribution in [1.29, 1.82) is 0 Å². The third-order valence-corrected chi connectivity index (χ3v) is 5.83. The topological polar surface area (TPSA) is 26.0 Å². The zero-order valence-corrected chi connectivity index (χ0v) is 18.9. The van der Waals surface area contributed by atoms with E-state index < -0.39 is 0 Å². The Hall–Kier alpha value is -0.0800. The fraction of sp³-hybridized carbons (Fsp3) is 1.00. The maximum atomic E-state index is 5.62. The molecule has 0 aliphatic heterocycles. The number of nitrogens with two attached hydrogens (primary N) is 1. The highest BCUT2D eigenvalue weighted by molar-refractivity contribution is 4.50. The van der Waals surface area contributed by atoms with E-state index in [4.69, 9.17) is 5.73 Å². The zero-order valence-electron chi connectivity index (χ0n) is 18.9. The van der Waals surface area contributed by atoms with Crippen molar-refractivity contribution in [1.82, 2.24) is 0 Å². The molecule has 0 fully saturated rings. The summed E-state index contributed by atoms with van der Waals surface area (Å²) in [6.45, 7) is 5.68. The average Bonchev–Trinajstić information content (AvgIpc) is 2.62. The van der Waals surface area contributed by atoms with Crippen LogP contribution in [-0.4, -0.2) is 38.2 Å². The molecule has 0 amide bonds. The molecule has 0 aromatic carbocycles. The van der Waals surface area contributed by atoms with Crippen molar-refractivity contribution in [2.24, 2.45) is 5.73 Å². The highest BCUT2D eigenvalue weighted by atomic mass is 15.3. The van der Waals surface area contributed by atoms with E-state index >= 15 is 0 Å². The van der Waals surface area contributed by atoms with Crippen LogP contribution in [0.5, 0.6) is 0 Å². The van der Waals surface area contributed by atoms with Crippen LogP contribution in [0, 0.1) is 0 Å². The van der Waals surface area contributed by atoms with Crippen LogP contribution < -0.4 is 5.73 Å². The highest BCUT2D eigenvalue weighted by Crippen LogP contribution is 2.14. The summed E-state index contributed by atoms with van der Waals surface area (Å²) < 4.78 is 1.15. The van der Waals surface area contributed by atoms with Crippen molar-refractivity contribution < 1.29 is 4.48 Å². The van der Waals surface area contributed by atoms with Crippen molar-refractivity contribution in [3.63, 3.8) is 0 Å². The normalized spacial score (nSPS) is 12.0. The third-order valence-electron chi connectivity index (χ3n) is 5.83. The smallest absolute Gasteiger partial charge is 0.0794 e. The summed E-state index contributed by atoms with van der Waals surface area (Å²) in [4.78, 5) is 0. The quantitative estimate of drug-likeness (QED) is 0.170. The van der Waals surface area contributed by atoms with Gasteiger partial charge in [-0.15, -0.1) is 0 Å². The molecule has 0 aromatic heterocycles. The minimum absolute atomic E-state index is 0.834. The summed E-state index contributed by atoms with van der Waals surface area (Å²) >= 11 is 0. The lowest BCUT2D eigenvalue weighted by Gasteiger charge is -2.29. The van der Waals surface area contributed by atoms with Crippen molar-refractivity contribution in [3.05, 3.63) is 0 Å². The summed E-state index contributed by atoms with van der Waals surface area (Å²) in [5.74, 6) is 0. The molecule has 0 rings (SSSR count). The van der Waals surface area contributed by atoms with E-state index in [-0.39, 0.29) is 0 Å². The maximum Gasteiger partial charge on any atom is 0.0794 e. The van der Waals surface area contributed by atoms with E-state index in [0.717, 1.165) is 17.4 Å². The molecule has 0 heterocycles. The molecule has 0 aliphatic rings. The van der Waals surface area contributed by atoms with Crippen LogP contribution in [0.3, 0.4) is 0 Å². The summed E-state index contributed by atoms with van der Waals surface area (Å²) in [5.41, 5.74) is 5.62. The van der Waals surface area contributed by atoms with Gasteiger partial charge in [0.25, 0.3) is 0 Å². The Kier molecular flexibility index (Phi) is 19.6. The molecule has 2 nitrogen and oxygen atoms in total. The number of hydrogen-bond acceptors (Lipinski definition) is 1. The van der Waals surface area contributed by atoms with E-state index in [1.807, 2.05) is 0 Å². The summed E-state index contributed by atoms with van der Waals surface area (Å²) in [5, 5.41) is 0. The number of rotatable bonds is 21. The van der Waals surface area contributed by atoms with Crippen molar-refractivity contribution in [2.45, 2.75) is 122 Å². The molecule has 2 N–H and O–H groups in total. The van der Waals surface area contributed by atoms with E-state index in [9.17, 15) is 0 Å². The van der Waals surface area contributed by atoms with E-state index in [1.54, 1.807) is 0 Å². The van der Waals surface area contributed by atoms with Crippen molar-refractivity contribution in [2.75, 3.05) is 33.7 Å². The van der Waals surface area contributed by atoms with Crippen LogP contribution in [0.15, 0.2) is 0 Å². The molecule has 2 heteroatoms. The first-order valence-electron chi connectivity index (χ1n) is 12.1. The first-order valence-corrected chi connectivity index (χ1v) is 12.1. The predicted molar refractivity (Wildman–Crippen MR) is 120 cm³/mol. The molecule has 26 heavy (non-hydrogen) atoms. The van der Waals surface area contributed by atoms with Crippen LogP contribution in [0.1, 0.15) is 122 Å². The first-order chi connectivity index (χ1) is 12.6. The highest BCUT2D eigenvalue weighted by Gasteiger charge is 2.12. The van der Waals surface area contributed by atoms with E-state index in [0.29, 0.717) is 0 Å². The molecule has 0 saturated carbocycles. The summed E-state index contributed by atoms with van der Waals surface area (Å²) in [6.07, 6.45) is 25.9. The largest absolute Gasteiger partial charge is 0.330 e. The van der Waals surface area contributed by atoms with Gasteiger partial charge in [-0.05, 0) is 19.4 Å². The fourth-order valence-electron chi connectivity index (χ4n) is 3.90. The molecule has 0 aliphatic carbocycles. The van der Waals surface area contributed by atoms with Crippen molar-refractivity contribution in [3.8, 4) is 0 Å². The van der Waals surface area contributed by atoms with Gasteiger partial charge in [0.2, 0.25) is 0 Å². The number of unbranched alkanes of at least 4 members (excludes halogenated alkanes) is 16. The Morgan fingerprint density at radius 1 is 0.462 bits per heavy atom. The van der Waals surface area contributed by atoms with Gasteiger partial charge in [-0.1, -0.05) is 103 Å². The maximum absolute atomic E-state index is 5.62. The van der Waals surface area contributed by atoms with Crippen LogP contribution >= 0.6 is 0 Å². The van der Waals surface area contributed by atoms with Crippen LogP contribution in [0.2, 0.25) is 0 Å². The van der Waals surface area contributed by atoms with Gasteiger partial charge < -0.3 is 10.2 Å². The summed E-state index contributed by atoms with van der Waals surface area (Å²) in [6, 6.07) is 0. The minimum Gasteiger partial charge on any atom is -0.330 e. The Bertz CT molecular complexity index is 263. The van der Waals surface area contributed by atoms with Gasteiger partial charge in [0.15, 0.2) is 0 Å². The predicted octanol–water partition coefficient (Wildman–Crippen LogP) is 7.06. The molecule has 0 radical (unpaired) electrons. The third kappa shape index (κ3) is 20.2. The van der Waals surface area contributed by atoms with Gasteiger partial charge in [-0.25, -0.2) is 0 Å². The van der Waals surface area contributed by atoms with E-state index in [2.05, 4.69) is 21.0 Å². The molecular formula is C24H53N2+. The van der Waals surface area contributed by atoms with Gasteiger partial charge in [-0.2, -0.15) is 0 Å². The molecule has 0 aromatic rings. The van der Waals surface area contributed by atoms with Crippen LogP contribution in [-0.2, 0) is 0 Å². The lowest BCUT2D eigenvalue weighted by molar-refractivity contribution is -0.890. The monoisotopic (exact) mass is 369 g/mol. The van der Waals surface area contributed by atoms with Gasteiger partial charge in [0.1, 0.15) is 0 Å². The van der Waals surface area contributed by atoms with Gasteiger partial charge >= 0.3 is 0 Å². The van der Waals surface area contributed by atoms with E-state index in [1.165, 1.54) is 122 Å². The van der Waals surface area contributed by atoms with Gasteiger partial charge in [0.05, 0.1) is 27.2 Å². The van der Waals surface area contributed by atoms with Gasteiger partial charge in [-0.3, -0.25) is 0 Å². The second kappa shape index (κ2) is 19.7. The Morgan fingerprint density at radius 2 is 0.769 bits per heavy atom. The van der Waals surface area contributed by atoms with Crippen LogP contribution in [0.4, 0.5) is 0 Å². The first kappa shape index (κ1) is 25.9. The van der Waals surface area contributed by atoms with Crippen LogP contribution in [0.25, 0.3) is 0 Å². The molecular weight excluding hydrogens is 316 g/mol. The number of nitrogens with zero attached hydrogens (tertiary/aromatic N) is 1. The van der Waals surface area contributed by atoms with Gasteiger partial charge in [0, 0.05) is 6.42 Å². The average molecular weight is 370 g/mol. The van der Waals surface area contributed by atoms with Crippen molar-refractivity contribution >= 4 is 0 Å². The SMILES string of the molecule is CCCCCCCCCCCCCCCCCCC[N+](C)(C)CCCN. The Balaban J connectivity index is 3.13. The fourth-order valence-corrected chi connectivity index (χ4v) is 3.90. The molecule has 0 bridgehead atoms. The number of hydrogen-bond donors (Lipinski definition) is 1. The number of quaternary nitrogens is 1. The second-order valence-corrected chi connectivity index (χ2v) is 9.18. The minimum atomic E-state index is 0.834. The lowest BCUT2D eigenvalue weighted by atomic mass is 10.0. The molecule has 0 spiro atoms. The standard InChI is InChI=1S/C24H53N2/c1-4-5-6-7-8-9-10-11-12-13-14-15-16-17-18-19-20-23-26(2,3)24-21-22-25/h4-25H2,1-3H3/q+1. The Labute approximate surface area is 166 Å². The molecule has 0 atom stereocenters. The summed E-state index contributed by atoms with van der Waals surface area (Å²) in [7, 11) is 4.70.